The van der Waals surface area contributed by atoms with Gasteiger partial charge in [0.25, 0.3) is 5.69 Å². The molecule has 14 heavy (non-hydrogen) atoms. The van der Waals surface area contributed by atoms with Gasteiger partial charge >= 0.3 is 0 Å². The summed E-state index contributed by atoms with van der Waals surface area (Å²) in [6, 6.07) is 4.31. The number of hydrogen-bond acceptors (Lipinski definition) is 3. The third-order valence-corrected chi connectivity index (χ3v) is 2.51. The second kappa shape index (κ2) is 3.67. The lowest BCUT2D eigenvalue weighted by atomic mass is 9.98. The van der Waals surface area contributed by atoms with Crippen molar-refractivity contribution in [2.75, 3.05) is 0 Å². The van der Waals surface area contributed by atoms with E-state index in [2.05, 4.69) is 15.9 Å². The number of nitro groups is 1. The van der Waals surface area contributed by atoms with Gasteiger partial charge in [0, 0.05) is 22.2 Å². The highest BCUT2D eigenvalue weighted by Gasteiger charge is 2.21. The average Bonchev–Trinajstić information content (AvgIpc) is 2.02. The standard InChI is InChI=1S/C9H10BrNO3/c1-9(2,12)7-5-6(11(13)14)3-4-8(7)10/h3-5,12H,1-2H3. The molecule has 0 atom stereocenters. The van der Waals surface area contributed by atoms with Gasteiger partial charge < -0.3 is 5.11 Å². The van der Waals surface area contributed by atoms with E-state index in [1.807, 2.05) is 0 Å². The summed E-state index contributed by atoms with van der Waals surface area (Å²) < 4.78 is 0.663. The quantitative estimate of drug-likeness (QED) is 0.656. The van der Waals surface area contributed by atoms with Crippen LogP contribution >= 0.6 is 15.9 Å². The average molecular weight is 260 g/mol. The van der Waals surface area contributed by atoms with Gasteiger partial charge in [0.1, 0.15) is 0 Å². The Morgan fingerprint density at radius 2 is 2.07 bits per heavy atom. The molecule has 0 fully saturated rings. The van der Waals surface area contributed by atoms with Gasteiger partial charge in [0.15, 0.2) is 0 Å². The Morgan fingerprint density at radius 3 is 2.50 bits per heavy atom. The Morgan fingerprint density at radius 1 is 1.50 bits per heavy atom. The zero-order chi connectivity index (χ0) is 10.9. The van der Waals surface area contributed by atoms with Crippen molar-refractivity contribution < 1.29 is 10.0 Å². The molecule has 0 saturated heterocycles. The van der Waals surface area contributed by atoms with E-state index in [1.165, 1.54) is 12.1 Å². The van der Waals surface area contributed by atoms with E-state index in [1.54, 1.807) is 19.9 Å². The molecular formula is C9H10BrNO3. The summed E-state index contributed by atoms with van der Waals surface area (Å²) in [5, 5.41) is 20.2. The SMILES string of the molecule is CC(C)(O)c1cc([N+](=O)[O-])ccc1Br. The van der Waals surface area contributed by atoms with Crippen molar-refractivity contribution in [3.63, 3.8) is 0 Å². The molecule has 0 saturated carbocycles. The van der Waals surface area contributed by atoms with Crippen LogP contribution in [0.25, 0.3) is 0 Å². The summed E-state index contributed by atoms with van der Waals surface area (Å²) >= 11 is 3.23. The van der Waals surface area contributed by atoms with E-state index < -0.39 is 10.5 Å². The first kappa shape index (κ1) is 11.1. The number of nitrogens with zero attached hydrogens (tertiary/aromatic N) is 1. The minimum Gasteiger partial charge on any atom is -0.386 e. The van der Waals surface area contributed by atoms with Crippen molar-refractivity contribution in [2.24, 2.45) is 0 Å². The molecule has 5 heteroatoms. The molecule has 0 aliphatic carbocycles. The number of rotatable bonds is 2. The van der Waals surface area contributed by atoms with Crippen molar-refractivity contribution in [3.8, 4) is 0 Å². The zero-order valence-corrected chi connectivity index (χ0v) is 9.41. The van der Waals surface area contributed by atoms with Gasteiger partial charge in [-0.2, -0.15) is 0 Å². The van der Waals surface area contributed by atoms with Gasteiger partial charge in [-0.3, -0.25) is 10.1 Å². The Bertz CT molecular complexity index is 371. The normalized spacial score (nSPS) is 11.4. The highest BCUT2D eigenvalue weighted by atomic mass is 79.9. The van der Waals surface area contributed by atoms with Crippen molar-refractivity contribution in [1.29, 1.82) is 0 Å². The first-order valence-electron chi connectivity index (χ1n) is 3.99. The van der Waals surface area contributed by atoms with E-state index in [4.69, 9.17) is 0 Å². The fraction of sp³-hybridized carbons (Fsp3) is 0.333. The maximum atomic E-state index is 10.5. The van der Waals surface area contributed by atoms with Crippen LogP contribution in [0, 0.1) is 10.1 Å². The molecule has 0 aromatic heterocycles. The molecule has 0 spiro atoms. The van der Waals surface area contributed by atoms with E-state index in [0.717, 1.165) is 0 Å². The lowest BCUT2D eigenvalue weighted by Crippen LogP contribution is -2.16. The van der Waals surface area contributed by atoms with E-state index in [9.17, 15) is 15.2 Å². The van der Waals surface area contributed by atoms with Gasteiger partial charge in [-0.25, -0.2) is 0 Å². The van der Waals surface area contributed by atoms with Gasteiger partial charge in [0.2, 0.25) is 0 Å². The largest absolute Gasteiger partial charge is 0.386 e. The summed E-state index contributed by atoms with van der Waals surface area (Å²) in [6.07, 6.45) is 0. The van der Waals surface area contributed by atoms with Crippen LogP contribution in [0.3, 0.4) is 0 Å². The summed E-state index contributed by atoms with van der Waals surface area (Å²) in [5.41, 5.74) is -0.609. The van der Waals surface area contributed by atoms with Gasteiger partial charge in [-0.15, -0.1) is 0 Å². The topological polar surface area (TPSA) is 63.4 Å². The molecule has 1 aromatic rings. The maximum absolute atomic E-state index is 10.5. The molecule has 76 valence electrons. The van der Waals surface area contributed by atoms with Crippen LogP contribution in [0.1, 0.15) is 19.4 Å². The lowest BCUT2D eigenvalue weighted by Gasteiger charge is -2.18. The number of nitro benzene ring substituents is 1. The number of benzene rings is 1. The van der Waals surface area contributed by atoms with Crippen LogP contribution in [-0.4, -0.2) is 10.0 Å². The molecule has 0 radical (unpaired) electrons. The summed E-state index contributed by atoms with van der Waals surface area (Å²) in [4.78, 5) is 10.0. The number of halogens is 1. The number of hydrogen-bond donors (Lipinski definition) is 1. The van der Waals surface area contributed by atoms with Crippen LogP contribution in [0.2, 0.25) is 0 Å². The summed E-state index contributed by atoms with van der Waals surface area (Å²) in [7, 11) is 0. The predicted octanol–water partition coefficient (Wildman–Crippen LogP) is 2.58. The molecule has 0 unspecified atom stereocenters. The first-order chi connectivity index (χ1) is 6.32. The monoisotopic (exact) mass is 259 g/mol. The van der Waals surface area contributed by atoms with Crippen molar-refractivity contribution >= 4 is 21.6 Å². The minimum atomic E-state index is -1.09. The smallest absolute Gasteiger partial charge is 0.269 e. The Kier molecular flexibility index (Phi) is 2.92. The van der Waals surface area contributed by atoms with Gasteiger partial charge in [-0.05, 0) is 19.9 Å². The number of aliphatic hydroxyl groups is 1. The molecule has 1 rings (SSSR count). The Balaban J connectivity index is 3.29. The molecule has 1 N–H and O–H groups in total. The second-order valence-corrected chi connectivity index (χ2v) is 4.33. The molecule has 0 bridgehead atoms. The van der Waals surface area contributed by atoms with Crippen molar-refractivity contribution in [1.82, 2.24) is 0 Å². The Labute approximate surface area is 89.8 Å². The summed E-state index contributed by atoms with van der Waals surface area (Å²) in [6.45, 7) is 3.16. The number of non-ortho nitro benzene ring substituents is 1. The van der Waals surface area contributed by atoms with Gasteiger partial charge in [0.05, 0.1) is 10.5 Å². The molecule has 0 amide bonds. The van der Waals surface area contributed by atoms with Crippen LogP contribution in [0.15, 0.2) is 22.7 Å². The van der Waals surface area contributed by atoms with E-state index >= 15 is 0 Å². The fourth-order valence-corrected chi connectivity index (χ4v) is 1.83. The predicted molar refractivity (Wildman–Crippen MR) is 56.0 cm³/mol. The van der Waals surface area contributed by atoms with Crippen molar-refractivity contribution in [3.05, 3.63) is 38.3 Å². The minimum absolute atomic E-state index is 0.0228. The third kappa shape index (κ3) is 2.30. The fourth-order valence-electron chi connectivity index (χ4n) is 1.10. The van der Waals surface area contributed by atoms with Crippen LogP contribution in [0.4, 0.5) is 5.69 Å². The molecule has 4 nitrogen and oxygen atoms in total. The van der Waals surface area contributed by atoms with Crippen LogP contribution < -0.4 is 0 Å². The molecule has 0 aliphatic heterocycles. The molecular weight excluding hydrogens is 250 g/mol. The first-order valence-corrected chi connectivity index (χ1v) is 4.78. The molecule has 0 aliphatic rings. The van der Waals surface area contributed by atoms with Gasteiger partial charge in [-0.1, -0.05) is 15.9 Å². The second-order valence-electron chi connectivity index (χ2n) is 3.48. The van der Waals surface area contributed by atoms with Crippen molar-refractivity contribution in [2.45, 2.75) is 19.4 Å². The highest BCUT2D eigenvalue weighted by molar-refractivity contribution is 9.10. The third-order valence-electron chi connectivity index (χ3n) is 1.82. The summed E-state index contributed by atoms with van der Waals surface area (Å²) in [5.74, 6) is 0. The van der Waals surface area contributed by atoms with Crippen LogP contribution in [-0.2, 0) is 5.60 Å². The van der Waals surface area contributed by atoms with E-state index in [0.29, 0.717) is 10.0 Å². The zero-order valence-electron chi connectivity index (χ0n) is 7.82. The van der Waals surface area contributed by atoms with E-state index in [-0.39, 0.29) is 5.69 Å². The van der Waals surface area contributed by atoms with Crippen LogP contribution in [0.5, 0.6) is 0 Å². The lowest BCUT2D eigenvalue weighted by molar-refractivity contribution is -0.385. The Hall–Kier alpha value is -0.940. The maximum Gasteiger partial charge on any atom is 0.269 e. The molecule has 0 heterocycles. The highest BCUT2D eigenvalue weighted by Crippen LogP contribution is 2.30. The molecule has 1 aromatic carbocycles.